The minimum atomic E-state index is -0.211. The molecule has 0 radical (unpaired) electrons. The van der Waals surface area contributed by atoms with Crippen LogP contribution in [0.15, 0.2) is 64.9 Å². The molecule has 0 fully saturated rings. The predicted octanol–water partition coefficient (Wildman–Crippen LogP) is 3.86. The number of hydrogen-bond acceptors (Lipinski definition) is 5. The molecule has 1 heterocycles. The van der Waals surface area contributed by atoms with Gasteiger partial charge in [-0.1, -0.05) is 65.8 Å². The van der Waals surface area contributed by atoms with Crippen LogP contribution >= 0.6 is 23.4 Å². The number of nitrogens with zero attached hydrogens (tertiary/aromatic N) is 4. The standard InChI is InChI=1S/C19H18ClN5OS/c1-2-25-18(15-6-4-3-5-7-15)23-24-19(25)27-13-17(26)22-21-12-14-8-10-16(20)11-9-14/h3-12H,2,13H2,1H3,(H,22,26). The van der Waals surface area contributed by atoms with Gasteiger partial charge in [-0.2, -0.15) is 5.10 Å². The Morgan fingerprint density at radius 3 is 2.63 bits per heavy atom. The Morgan fingerprint density at radius 1 is 1.19 bits per heavy atom. The van der Waals surface area contributed by atoms with Crippen molar-refractivity contribution < 1.29 is 4.79 Å². The highest BCUT2D eigenvalue weighted by atomic mass is 35.5. The molecule has 138 valence electrons. The van der Waals surface area contributed by atoms with Crippen molar-refractivity contribution in [3.05, 3.63) is 65.2 Å². The Labute approximate surface area is 166 Å². The molecule has 0 saturated carbocycles. The number of halogens is 1. The largest absolute Gasteiger partial charge is 0.302 e. The van der Waals surface area contributed by atoms with Gasteiger partial charge in [-0.3, -0.25) is 4.79 Å². The SMILES string of the molecule is CCn1c(SCC(=O)NN=Cc2ccc(Cl)cc2)nnc1-c1ccccc1. The molecule has 8 heteroatoms. The maximum Gasteiger partial charge on any atom is 0.250 e. The van der Waals surface area contributed by atoms with Crippen LogP contribution in [0.25, 0.3) is 11.4 Å². The molecule has 3 rings (SSSR count). The Kier molecular flexibility index (Phi) is 6.62. The monoisotopic (exact) mass is 399 g/mol. The van der Waals surface area contributed by atoms with Crippen molar-refractivity contribution in [2.45, 2.75) is 18.6 Å². The van der Waals surface area contributed by atoms with Crippen molar-refractivity contribution in [2.75, 3.05) is 5.75 Å². The number of carbonyl (C=O) groups excluding carboxylic acids is 1. The van der Waals surface area contributed by atoms with E-state index in [-0.39, 0.29) is 11.7 Å². The summed E-state index contributed by atoms with van der Waals surface area (Å²) in [5.41, 5.74) is 4.36. The number of amides is 1. The number of hydrazone groups is 1. The summed E-state index contributed by atoms with van der Waals surface area (Å²) in [7, 11) is 0. The summed E-state index contributed by atoms with van der Waals surface area (Å²) in [5.74, 6) is 0.782. The van der Waals surface area contributed by atoms with Gasteiger partial charge in [0.15, 0.2) is 11.0 Å². The molecule has 1 aromatic heterocycles. The van der Waals surface area contributed by atoms with E-state index in [1.807, 2.05) is 54.0 Å². The molecule has 0 aliphatic carbocycles. The molecule has 0 aliphatic rings. The van der Waals surface area contributed by atoms with Crippen LogP contribution < -0.4 is 5.43 Å². The number of rotatable bonds is 7. The zero-order chi connectivity index (χ0) is 19.1. The van der Waals surface area contributed by atoms with Crippen LogP contribution in [0.4, 0.5) is 0 Å². The fourth-order valence-corrected chi connectivity index (χ4v) is 3.29. The third kappa shape index (κ3) is 5.18. The lowest BCUT2D eigenvalue weighted by molar-refractivity contribution is -0.118. The zero-order valence-corrected chi connectivity index (χ0v) is 16.2. The van der Waals surface area contributed by atoms with Gasteiger partial charge < -0.3 is 4.57 Å². The minimum Gasteiger partial charge on any atom is -0.302 e. The Morgan fingerprint density at radius 2 is 1.93 bits per heavy atom. The van der Waals surface area contributed by atoms with E-state index >= 15 is 0 Å². The third-order valence-electron chi connectivity index (χ3n) is 3.67. The van der Waals surface area contributed by atoms with E-state index in [9.17, 15) is 4.79 Å². The van der Waals surface area contributed by atoms with Crippen molar-refractivity contribution in [1.29, 1.82) is 0 Å². The van der Waals surface area contributed by atoms with Crippen LogP contribution in [-0.4, -0.2) is 32.6 Å². The molecule has 27 heavy (non-hydrogen) atoms. The van der Waals surface area contributed by atoms with Crippen molar-refractivity contribution >= 4 is 35.5 Å². The molecule has 0 unspecified atom stereocenters. The number of hydrogen-bond donors (Lipinski definition) is 1. The summed E-state index contributed by atoms with van der Waals surface area (Å²) in [6.07, 6.45) is 1.57. The first-order valence-electron chi connectivity index (χ1n) is 8.36. The molecule has 0 saturated heterocycles. The Hall–Kier alpha value is -2.64. The molecule has 2 aromatic carbocycles. The average Bonchev–Trinajstić information content (AvgIpc) is 3.11. The first-order chi connectivity index (χ1) is 13.2. The summed E-state index contributed by atoms with van der Waals surface area (Å²) in [4.78, 5) is 12.0. The lowest BCUT2D eigenvalue weighted by Crippen LogP contribution is -2.20. The highest BCUT2D eigenvalue weighted by Crippen LogP contribution is 2.23. The molecule has 0 atom stereocenters. The quantitative estimate of drug-likeness (QED) is 0.372. The molecule has 6 nitrogen and oxygen atoms in total. The Balaban J connectivity index is 1.57. The summed E-state index contributed by atoms with van der Waals surface area (Å²) >= 11 is 7.16. The van der Waals surface area contributed by atoms with E-state index in [1.165, 1.54) is 11.8 Å². The summed E-state index contributed by atoms with van der Waals surface area (Å²) in [6, 6.07) is 17.0. The topological polar surface area (TPSA) is 72.2 Å². The molecular weight excluding hydrogens is 382 g/mol. The van der Waals surface area contributed by atoms with Gasteiger partial charge in [0.25, 0.3) is 5.91 Å². The highest BCUT2D eigenvalue weighted by Gasteiger charge is 2.14. The number of carbonyl (C=O) groups is 1. The van der Waals surface area contributed by atoms with Crippen molar-refractivity contribution in [1.82, 2.24) is 20.2 Å². The summed E-state index contributed by atoms with van der Waals surface area (Å²) in [6.45, 7) is 2.74. The van der Waals surface area contributed by atoms with Crippen molar-refractivity contribution in [2.24, 2.45) is 5.10 Å². The van der Waals surface area contributed by atoms with E-state index in [2.05, 4.69) is 20.7 Å². The van der Waals surface area contributed by atoms with E-state index < -0.39 is 0 Å². The second-order valence-corrected chi connectivity index (χ2v) is 6.93. The molecule has 0 aliphatic heterocycles. The van der Waals surface area contributed by atoms with Gasteiger partial charge in [-0.05, 0) is 24.6 Å². The highest BCUT2D eigenvalue weighted by molar-refractivity contribution is 7.99. The molecule has 1 N–H and O–H groups in total. The maximum absolute atomic E-state index is 12.0. The van der Waals surface area contributed by atoms with E-state index in [1.54, 1.807) is 18.3 Å². The Bertz CT molecular complexity index is 925. The average molecular weight is 400 g/mol. The second kappa shape index (κ2) is 9.34. The maximum atomic E-state index is 12.0. The molecule has 0 bridgehead atoms. The smallest absolute Gasteiger partial charge is 0.250 e. The fraction of sp³-hybridized carbons (Fsp3) is 0.158. The van der Waals surface area contributed by atoms with Crippen LogP contribution in [-0.2, 0) is 11.3 Å². The number of thioether (sulfide) groups is 1. The van der Waals surface area contributed by atoms with Crippen molar-refractivity contribution in [3.8, 4) is 11.4 Å². The van der Waals surface area contributed by atoms with Gasteiger partial charge in [0.2, 0.25) is 0 Å². The van der Waals surface area contributed by atoms with Gasteiger partial charge in [0.05, 0.1) is 12.0 Å². The molecule has 3 aromatic rings. The first kappa shape index (κ1) is 19.1. The van der Waals surface area contributed by atoms with Crippen molar-refractivity contribution in [3.63, 3.8) is 0 Å². The fourth-order valence-electron chi connectivity index (χ4n) is 2.37. The molecule has 1 amide bonds. The van der Waals surface area contributed by atoms with E-state index in [0.717, 1.165) is 23.5 Å². The zero-order valence-electron chi connectivity index (χ0n) is 14.7. The first-order valence-corrected chi connectivity index (χ1v) is 9.72. The molecule has 0 spiro atoms. The van der Waals surface area contributed by atoms with Gasteiger partial charge in [0, 0.05) is 17.1 Å². The summed E-state index contributed by atoms with van der Waals surface area (Å²) in [5, 5.41) is 13.8. The predicted molar refractivity (Wildman–Crippen MR) is 109 cm³/mol. The van der Waals surface area contributed by atoms with Crippen LogP contribution in [0.1, 0.15) is 12.5 Å². The molecular formula is C19H18ClN5OS. The third-order valence-corrected chi connectivity index (χ3v) is 4.89. The normalized spacial score (nSPS) is 11.0. The minimum absolute atomic E-state index is 0.199. The number of nitrogens with one attached hydrogen (secondary N) is 1. The van der Waals surface area contributed by atoms with Crippen LogP contribution in [0.2, 0.25) is 5.02 Å². The van der Waals surface area contributed by atoms with E-state index in [0.29, 0.717) is 10.2 Å². The lowest BCUT2D eigenvalue weighted by Gasteiger charge is -2.06. The van der Waals surface area contributed by atoms with Crippen LogP contribution in [0.5, 0.6) is 0 Å². The van der Waals surface area contributed by atoms with Gasteiger partial charge >= 0.3 is 0 Å². The second-order valence-electron chi connectivity index (χ2n) is 5.55. The van der Waals surface area contributed by atoms with Gasteiger partial charge in [-0.25, -0.2) is 5.43 Å². The number of aromatic nitrogens is 3. The van der Waals surface area contributed by atoms with Gasteiger partial charge in [-0.15, -0.1) is 10.2 Å². The summed E-state index contributed by atoms with van der Waals surface area (Å²) < 4.78 is 1.99. The van der Waals surface area contributed by atoms with Crippen LogP contribution in [0.3, 0.4) is 0 Å². The van der Waals surface area contributed by atoms with Gasteiger partial charge in [0.1, 0.15) is 0 Å². The number of benzene rings is 2. The van der Waals surface area contributed by atoms with Crippen LogP contribution in [0, 0.1) is 0 Å². The lowest BCUT2D eigenvalue weighted by atomic mass is 10.2. The van der Waals surface area contributed by atoms with E-state index in [4.69, 9.17) is 11.6 Å².